The molecule has 0 spiro atoms. The maximum atomic E-state index is 11.9. The van der Waals surface area contributed by atoms with E-state index in [0.717, 1.165) is 43.9 Å². The first-order chi connectivity index (χ1) is 9.63. The Bertz CT molecular complexity index is 487. The zero-order chi connectivity index (χ0) is 14.1. The van der Waals surface area contributed by atoms with Gasteiger partial charge in [0, 0.05) is 44.5 Å². The van der Waals surface area contributed by atoms with Crippen LogP contribution in [0.4, 0.5) is 0 Å². The Morgan fingerprint density at radius 2 is 2.30 bits per heavy atom. The van der Waals surface area contributed by atoms with Crippen LogP contribution in [0.25, 0.3) is 0 Å². The number of carbonyl (C=O) groups excluding carboxylic acids is 1. The molecule has 2 aliphatic heterocycles. The zero-order valence-corrected chi connectivity index (χ0v) is 13.2. The van der Waals surface area contributed by atoms with Crippen molar-refractivity contribution in [3.8, 4) is 0 Å². The molecule has 4 nitrogen and oxygen atoms in total. The highest BCUT2D eigenvalue weighted by Crippen LogP contribution is 2.30. The molecule has 3 rings (SSSR count). The summed E-state index contributed by atoms with van der Waals surface area (Å²) in [5.41, 5.74) is 1.20. The molecule has 0 unspecified atom stereocenters. The number of amides is 1. The molecule has 1 aromatic rings. The van der Waals surface area contributed by atoms with Crippen molar-refractivity contribution < 1.29 is 4.79 Å². The van der Waals surface area contributed by atoms with E-state index in [0.29, 0.717) is 17.9 Å². The molecule has 0 N–H and O–H groups in total. The van der Waals surface area contributed by atoms with Gasteiger partial charge in [-0.3, -0.25) is 9.69 Å². The number of thiazole rings is 1. The number of likely N-dealkylation sites (tertiary alicyclic amines) is 2. The van der Waals surface area contributed by atoms with Gasteiger partial charge in [-0.25, -0.2) is 4.98 Å². The van der Waals surface area contributed by atoms with E-state index < -0.39 is 0 Å². The van der Waals surface area contributed by atoms with Crippen LogP contribution in [-0.2, 0) is 11.3 Å². The van der Waals surface area contributed by atoms with Crippen molar-refractivity contribution >= 4 is 17.2 Å². The highest BCUT2D eigenvalue weighted by atomic mass is 32.1. The van der Waals surface area contributed by atoms with Crippen molar-refractivity contribution in [1.82, 2.24) is 14.8 Å². The van der Waals surface area contributed by atoms with E-state index in [9.17, 15) is 4.79 Å². The van der Waals surface area contributed by atoms with Gasteiger partial charge in [0.05, 0.1) is 10.7 Å². The standard InChI is InChI=1S/C15H23N3OS/c1-11-16-13(10-20-11)9-18-7-6-14-12(8-18)4-3-5-15(19)17(14)2/h10,12,14H,3-9H2,1-2H3/t12-,14-/m1/s1. The summed E-state index contributed by atoms with van der Waals surface area (Å²) in [6, 6.07) is 0.457. The summed E-state index contributed by atoms with van der Waals surface area (Å²) in [6.45, 7) is 5.21. The third kappa shape index (κ3) is 2.88. The molecule has 1 aromatic heterocycles. The lowest BCUT2D eigenvalue weighted by molar-refractivity contribution is -0.132. The van der Waals surface area contributed by atoms with Crippen LogP contribution in [0.3, 0.4) is 0 Å². The Morgan fingerprint density at radius 1 is 1.45 bits per heavy atom. The summed E-state index contributed by atoms with van der Waals surface area (Å²) < 4.78 is 0. The van der Waals surface area contributed by atoms with Crippen molar-refractivity contribution in [3.05, 3.63) is 16.1 Å². The molecule has 20 heavy (non-hydrogen) atoms. The van der Waals surface area contributed by atoms with Gasteiger partial charge in [-0.15, -0.1) is 11.3 Å². The molecule has 5 heteroatoms. The Hall–Kier alpha value is -0.940. The molecule has 3 heterocycles. The van der Waals surface area contributed by atoms with Gasteiger partial charge in [0.2, 0.25) is 5.91 Å². The third-order valence-corrected chi connectivity index (χ3v) is 5.51. The molecule has 2 atom stereocenters. The Labute approximate surface area is 124 Å². The highest BCUT2D eigenvalue weighted by molar-refractivity contribution is 7.09. The molecule has 0 bridgehead atoms. The second-order valence-electron chi connectivity index (χ2n) is 6.11. The predicted molar refractivity (Wildman–Crippen MR) is 80.6 cm³/mol. The van der Waals surface area contributed by atoms with Crippen LogP contribution >= 0.6 is 11.3 Å². The number of hydrogen-bond acceptors (Lipinski definition) is 4. The van der Waals surface area contributed by atoms with Crippen molar-refractivity contribution in [3.63, 3.8) is 0 Å². The average Bonchev–Trinajstić information content (AvgIpc) is 2.77. The first kappa shape index (κ1) is 14.0. The second-order valence-corrected chi connectivity index (χ2v) is 7.17. The van der Waals surface area contributed by atoms with Crippen LogP contribution in [0.15, 0.2) is 5.38 Å². The molecular formula is C15H23N3OS. The Kier molecular flexibility index (Phi) is 4.08. The van der Waals surface area contributed by atoms with Crippen LogP contribution in [0.1, 0.15) is 36.4 Å². The SMILES string of the molecule is Cc1nc(CN2CC[C@@H]3[C@H](CCCC(=O)N3C)C2)cs1. The minimum absolute atomic E-state index is 0.334. The van der Waals surface area contributed by atoms with Gasteiger partial charge in [0.25, 0.3) is 0 Å². The lowest BCUT2D eigenvalue weighted by Gasteiger charge is -2.41. The number of hydrogen-bond donors (Lipinski definition) is 0. The smallest absolute Gasteiger partial charge is 0.222 e. The van der Waals surface area contributed by atoms with Gasteiger partial charge in [-0.05, 0) is 32.1 Å². The fourth-order valence-electron chi connectivity index (χ4n) is 3.62. The lowest BCUT2D eigenvalue weighted by Crippen LogP contribution is -2.50. The summed E-state index contributed by atoms with van der Waals surface area (Å²) in [5, 5.41) is 3.32. The van der Waals surface area contributed by atoms with Crippen molar-refractivity contribution in [2.45, 2.75) is 45.2 Å². The van der Waals surface area contributed by atoms with Gasteiger partial charge < -0.3 is 4.90 Å². The maximum absolute atomic E-state index is 11.9. The third-order valence-electron chi connectivity index (χ3n) is 4.69. The van der Waals surface area contributed by atoms with Crippen molar-refractivity contribution in [2.24, 2.45) is 5.92 Å². The van der Waals surface area contributed by atoms with Crippen molar-refractivity contribution in [2.75, 3.05) is 20.1 Å². The van der Waals surface area contributed by atoms with E-state index in [1.165, 1.54) is 12.1 Å². The van der Waals surface area contributed by atoms with E-state index >= 15 is 0 Å². The number of carbonyl (C=O) groups is 1. The van der Waals surface area contributed by atoms with E-state index in [2.05, 4.69) is 22.2 Å². The monoisotopic (exact) mass is 293 g/mol. The number of aromatic nitrogens is 1. The summed E-state index contributed by atoms with van der Waals surface area (Å²) in [6.07, 6.45) is 4.08. The number of aryl methyl sites for hydroxylation is 1. The van der Waals surface area contributed by atoms with Gasteiger partial charge >= 0.3 is 0 Å². The predicted octanol–water partition coefficient (Wildman–Crippen LogP) is 2.28. The van der Waals surface area contributed by atoms with Crippen LogP contribution in [-0.4, -0.2) is 46.9 Å². The van der Waals surface area contributed by atoms with E-state index in [-0.39, 0.29) is 0 Å². The van der Waals surface area contributed by atoms with Crippen LogP contribution in [0, 0.1) is 12.8 Å². The molecule has 0 radical (unpaired) electrons. The molecule has 0 aliphatic carbocycles. The van der Waals surface area contributed by atoms with Gasteiger partial charge in [-0.1, -0.05) is 0 Å². The van der Waals surface area contributed by atoms with E-state index in [1.54, 1.807) is 11.3 Å². The quantitative estimate of drug-likeness (QED) is 0.839. The topological polar surface area (TPSA) is 36.4 Å². The Balaban J connectivity index is 1.64. The molecule has 2 saturated heterocycles. The highest BCUT2D eigenvalue weighted by Gasteiger charge is 2.35. The summed E-state index contributed by atoms with van der Waals surface area (Å²) in [7, 11) is 1.99. The van der Waals surface area contributed by atoms with Gasteiger partial charge in [-0.2, -0.15) is 0 Å². The number of piperidine rings is 1. The van der Waals surface area contributed by atoms with Crippen LogP contribution in [0.2, 0.25) is 0 Å². The molecular weight excluding hydrogens is 270 g/mol. The fourth-order valence-corrected chi connectivity index (χ4v) is 4.22. The zero-order valence-electron chi connectivity index (χ0n) is 12.3. The molecule has 2 aliphatic rings. The first-order valence-corrected chi connectivity index (χ1v) is 8.40. The van der Waals surface area contributed by atoms with Crippen LogP contribution in [0.5, 0.6) is 0 Å². The van der Waals surface area contributed by atoms with E-state index in [4.69, 9.17) is 0 Å². The summed E-state index contributed by atoms with van der Waals surface area (Å²) >= 11 is 1.73. The molecule has 1 amide bonds. The second kappa shape index (κ2) is 5.82. The van der Waals surface area contributed by atoms with Crippen molar-refractivity contribution in [1.29, 1.82) is 0 Å². The van der Waals surface area contributed by atoms with Crippen LogP contribution < -0.4 is 0 Å². The normalized spacial score (nSPS) is 28.3. The van der Waals surface area contributed by atoms with E-state index in [1.807, 2.05) is 11.9 Å². The largest absolute Gasteiger partial charge is 0.342 e. The molecule has 0 saturated carbocycles. The average molecular weight is 293 g/mol. The number of fused-ring (bicyclic) bond motifs is 1. The molecule has 2 fully saturated rings. The van der Waals surface area contributed by atoms with Gasteiger partial charge in [0.15, 0.2) is 0 Å². The number of rotatable bonds is 2. The minimum Gasteiger partial charge on any atom is -0.342 e. The first-order valence-electron chi connectivity index (χ1n) is 7.52. The number of nitrogens with zero attached hydrogens (tertiary/aromatic N) is 3. The summed E-state index contributed by atoms with van der Waals surface area (Å²) in [5.74, 6) is 0.973. The fraction of sp³-hybridized carbons (Fsp3) is 0.733. The minimum atomic E-state index is 0.334. The molecule has 0 aromatic carbocycles. The van der Waals surface area contributed by atoms with Gasteiger partial charge in [0.1, 0.15) is 0 Å². The maximum Gasteiger partial charge on any atom is 0.222 e. The lowest BCUT2D eigenvalue weighted by atomic mass is 9.88. The molecule has 110 valence electrons. The Morgan fingerprint density at radius 3 is 3.05 bits per heavy atom. The summed E-state index contributed by atoms with van der Waals surface area (Å²) in [4.78, 5) is 21.0.